The highest BCUT2D eigenvalue weighted by Crippen LogP contribution is 2.41. The molecule has 0 bridgehead atoms. The summed E-state index contributed by atoms with van der Waals surface area (Å²) in [6.45, 7) is 7.40. The maximum atomic E-state index is 11.7. The van der Waals surface area contributed by atoms with Gasteiger partial charge in [-0.05, 0) is 50.1 Å². The van der Waals surface area contributed by atoms with Gasteiger partial charge in [0.25, 0.3) is 0 Å². The highest BCUT2D eigenvalue weighted by molar-refractivity contribution is 5.32. The third kappa shape index (κ3) is 5.68. The van der Waals surface area contributed by atoms with E-state index in [1.165, 1.54) is 17.5 Å². The largest absolute Gasteiger partial charge is 0.486 e. The number of nitrogens with zero attached hydrogens (tertiary/aromatic N) is 2. The maximum Gasteiger partial charge on any atom is 0.121 e. The van der Waals surface area contributed by atoms with E-state index < -0.39 is 5.60 Å². The molecule has 2 aliphatic rings. The average Bonchev–Trinajstić information content (AvgIpc) is 2.80. The van der Waals surface area contributed by atoms with Crippen molar-refractivity contribution in [2.45, 2.75) is 56.7 Å². The van der Waals surface area contributed by atoms with Gasteiger partial charge in [0.05, 0.1) is 5.60 Å². The Morgan fingerprint density at radius 2 is 1.52 bits per heavy atom. The molecule has 1 aliphatic carbocycles. The summed E-state index contributed by atoms with van der Waals surface area (Å²) in [5.41, 5.74) is 1.82. The third-order valence-corrected chi connectivity index (χ3v) is 7.27. The smallest absolute Gasteiger partial charge is 0.121 e. The van der Waals surface area contributed by atoms with Gasteiger partial charge in [0, 0.05) is 38.6 Å². The summed E-state index contributed by atoms with van der Waals surface area (Å²) < 4.78 is 6.19. The van der Waals surface area contributed by atoms with Crippen LogP contribution in [-0.2, 0) is 0 Å². The summed E-state index contributed by atoms with van der Waals surface area (Å²) in [7, 11) is 2.19. The van der Waals surface area contributed by atoms with Crippen LogP contribution in [0.3, 0.4) is 0 Å². The summed E-state index contributed by atoms with van der Waals surface area (Å²) in [4.78, 5) is 4.93. The number of aliphatic hydroxyl groups is 1. The van der Waals surface area contributed by atoms with Crippen LogP contribution in [0, 0.1) is 0 Å². The monoisotopic (exact) mass is 422 g/mol. The lowest BCUT2D eigenvalue weighted by molar-refractivity contribution is -0.0337. The zero-order valence-electron chi connectivity index (χ0n) is 19.2. The van der Waals surface area contributed by atoms with Crippen molar-refractivity contribution in [3.05, 3.63) is 65.7 Å². The zero-order chi connectivity index (χ0) is 21.7. The van der Waals surface area contributed by atoms with Crippen molar-refractivity contribution >= 4 is 0 Å². The van der Waals surface area contributed by atoms with Crippen molar-refractivity contribution in [2.24, 2.45) is 0 Å². The second-order valence-corrected chi connectivity index (χ2v) is 9.56. The molecule has 4 heteroatoms. The van der Waals surface area contributed by atoms with Crippen LogP contribution in [0.1, 0.15) is 62.2 Å². The number of benzene rings is 2. The van der Waals surface area contributed by atoms with Gasteiger partial charge in [0.1, 0.15) is 11.9 Å². The maximum absolute atomic E-state index is 11.7. The van der Waals surface area contributed by atoms with Crippen LogP contribution < -0.4 is 4.74 Å². The first-order chi connectivity index (χ1) is 15.0. The molecule has 0 aromatic heterocycles. The minimum absolute atomic E-state index is 0.00992. The lowest BCUT2D eigenvalue weighted by atomic mass is 9.72. The van der Waals surface area contributed by atoms with Crippen LogP contribution in [-0.4, -0.2) is 60.3 Å². The molecule has 0 radical (unpaired) electrons. The zero-order valence-corrected chi connectivity index (χ0v) is 19.2. The Kier molecular flexibility index (Phi) is 7.31. The molecule has 168 valence electrons. The SMILES string of the molecule is CC(Oc1ccc(C(CN2CCN(C)CC2)C2(O)CCCCC2)cc1)c1ccccc1. The number of piperazine rings is 1. The van der Waals surface area contributed by atoms with Crippen molar-refractivity contribution in [3.8, 4) is 5.75 Å². The van der Waals surface area contributed by atoms with Crippen LogP contribution in [0.25, 0.3) is 0 Å². The molecule has 31 heavy (non-hydrogen) atoms. The Morgan fingerprint density at radius 3 is 2.16 bits per heavy atom. The van der Waals surface area contributed by atoms with E-state index in [1.807, 2.05) is 18.2 Å². The predicted molar refractivity (Wildman–Crippen MR) is 127 cm³/mol. The molecule has 2 unspecified atom stereocenters. The van der Waals surface area contributed by atoms with Gasteiger partial charge in [-0.15, -0.1) is 0 Å². The summed E-state index contributed by atoms with van der Waals surface area (Å²) >= 11 is 0. The number of hydrogen-bond acceptors (Lipinski definition) is 4. The van der Waals surface area contributed by atoms with Gasteiger partial charge in [0.15, 0.2) is 0 Å². The molecule has 1 N–H and O–H groups in total. The molecule has 2 atom stereocenters. The van der Waals surface area contributed by atoms with Crippen molar-refractivity contribution in [1.29, 1.82) is 0 Å². The van der Waals surface area contributed by atoms with E-state index in [0.717, 1.165) is 64.2 Å². The lowest BCUT2D eigenvalue weighted by Crippen LogP contribution is -2.50. The summed E-state index contributed by atoms with van der Waals surface area (Å²) in [6.07, 6.45) is 5.34. The van der Waals surface area contributed by atoms with Gasteiger partial charge in [0.2, 0.25) is 0 Å². The minimum Gasteiger partial charge on any atom is -0.486 e. The quantitative estimate of drug-likeness (QED) is 0.692. The van der Waals surface area contributed by atoms with Crippen LogP contribution in [0.5, 0.6) is 5.75 Å². The van der Waals surface area contributed by atoms with Crippen molar-refractivity contribution in [2.75, 3.05) is 39.8 Å². The van der Waals surface area contributed by atoms with E-state index in [2.05, 4.69) is 60.2 Å². The fraction of sp³-hybridized carbons (Fsp3) is 0.556. The first kappa shape index (κ1) is 22.3. The first-order valence-corrected chi connectivity index (χ1v) is 12.0. The molecule has 2 aromatic rings. The van der Waals surface area contributed by atoms with Gasteiger partial charge in [-0.3, -0.25) is 0 Å². The topological polar surface area (TPSA) is 35.9 Å². The van der Waals surface area contributed by atoms with Crippen molar-refractivity contribution in [3.63, 3.8) is 0 Å². The van der Waals surface area contributed by atoms with Gasteiger partial charge < -0.3 is 19.6 Å². The molecule has 1 saturated heterocycles. The van der Waals surface area contributed by atoms with E-state index in [-0.39, 0.29) is 12.0 Å². The van der Waals surface area contributed by atoms with Crippen LogP contribution >= 0.6 is 0 Å². The summed E-state index contributed by atoms with van der Waals surface area (Å²) in [5, 5.41) is 11.7. The summed E-state index contributed by atoms with van der Waals surface area (Å²) in [6, 6.07) is 18.9. The Bertz CT molecular complexity index is 794. The molecule has 2 fully saturated rings. The van der Waals surface area contributed by atoms with Crippen LogP contribution in [0.4, 0.5) is 0 Å². The van der Waals surface area contributed by atoms with E-state index >= 15 is 0 Å². The molecular formula is C27H38N2O2. The molecule has 0 spiro atoms. The lowest BCUT2D eigenvalue weighted by Gasteiger charge is -2.43. The van der Waals surface area contributed by atoms with Crippen molar-refractivity contribution < 1.29 is 9.84 Å². The van der Waals surface area contributed by atoms with Gasteiger partial charge in [-0.1, -0.05) is 61.7 Å². The third-order valence-electron chi connectivity index (χ3n) is 7.27. The highest BCUT2D eigenvalue weighted by Gasteiger charge is 2.39. The molecular weight excluding hydrogens is 384 g/mol. The normalized spacial score (nSPS) is 22.0. The second kappa shape index (κ2) is 10.2. The standard InChI is InChI=1S/C27H38N2O2/c1-22(23-9-5-3-6-10-23)31-25-13-11-24(12-14-25)26(27(30)15-7-4-8-16-27)21-29-19-17-28(2)18-20-29/h3,5-6,9-14,22,26,30H,4,7-8,15-21H2,1-2H3. The summed E-state index contributed by atoms with van der Waals surface area (Å²) in [5.74, 6) is 1.03. The molecule has 4 rings (SSSR count). The van der Waals surface area contributed by atoms with Crippen LogP contribution in [0.2, 0.25) is 0 Å². The van der Waals surface area contributed by atoms with Gasteiger partial charge in [-0.2, -0.15) is 0 Å². The first-order valence-electron chi connectivity index (χ1n) is 12.0. The fourth-order valence-electron chi connectivity index (χ4n) is 5.16. The molecule has 4 nitrogen and oxygen atoms in total. The average molecular weight is 423 g/mol. The Labute approximate surface area is 187 Å². The molecule has 1 aliphatic heterocycles. The number of ether oxygens (including phenoxy) is 1. The fourth-order valence-corrected chi connectivity index (χ4v) is 5.16. The van der Waals surface area contributed by atoms with Gasteiger partial charge >= 0.3 is 0 Å². The minimum atomic E-state index is -0.596. The van der Waals surface area contributed by atoms with Crippen LogP contribution in [0.15, 0.2) is 54.6 Å². The van der Waals surface area contributed by atoms with E-state index in [0.29, 0.717) is 0 Å². The Morgan fingerprint density at radius 1 is 0.871 bits per heavy atom. The van der Waals surface area contributed by atoms with E-state index in [1.54, 1.807) is 0 Å². The van der Waals surface area contributed by atoms with Crippen molar-refractivity contribution in [1.82, 2.24) is 9.80 Å². The van der Waals surface area contributed by atoms with E-state index in [4.69, 9.17) is 4.74 Å². The predicted octanol–water partition coefficient (Wildman–Crippen LogP) is 4.85. The highest BCUT2D eigenvalue weighted by atomic mass is 16.5. The Hall–Kier alpha value is -1.88. The molecule has 0 amide bonds. The molecule has 2 aromatic carbocycles. The van der Waals surface area contributed by atoms with E-state index in [9.17, 15) is 5.11 Å². The Balaban J connectivity index is 1.49. The number of likely N-dealkylation sites (N-methyl/N-ethyl adjacent to an activating group) is 1. The molecule has 1 heterocycles. The number of hydrogen-bond donors (Lipinski definition) is 1. The molecule has 1 saturated carbocycles. The van der Waals surface area contributed by atoms with Gasteiger partial charge in [-0.25, -0.2) is 0 Å². The number of rotatable bonds is 7. The second-order valence-electron chi connectivity index (χ2n) is 9.56.